The highest BCUT2D eigenvalue weighted by molar-refractivity contribution is 5.92. The van der Waals surface area contributed by atoms with E-state index >= 15 is 0 Å². The fourth-order valence-electron chi connectivity index (χ4n) is 1.78. The summed E-state index contributed by atoms with van der Waals surface area (Å²) in [4.78, 5) is 11.2. The van der Waals surface area contributed by atoms with Crippen LogP contribution >= 0.6 is 0 Å². The van der Waals surface area contributed by atoms with Gasteiger partial charge in [-0.05, 0) is 23.3 Å². The lowest BCUT2D eigenvalue weighted by Crippen LogP contribution is -2.18. The van der Waals surface area contributed by atoms with E-state index in [2.05, 4.69) is 0 Å². The van der Waals surface area contributed by atoms with Gasteiger partial charge in [-0.15, -0.1) is 0 Å². The molecule has 1 amide bonds. The minimum absolute atomic E-state index is 0.240. The summed E-state index contributed by atoms with van der Waals surface area (Å²) in [6.45, 7) is 1.84. The van der Waals surface area contributed by atoms with Crippen LogP contribution in [0.15, 0.2) is 42.5 Å². The first-order valence-corrected chi connectivity index (χ1v) is 4.97. The highest BCUT2D eigenvalue weighted by atomic mass is 16.1. The third kappa shape index (κ3) is 1.71. The second-order valence-electron chi connectivity index (χ2n) is 3.69. The van der Waals surface area contributed by atoms with Crippen molar-refractivity contribution in [2.75, 3.05) is 0 Å². The van der Waals surface area contributed by atoms with Crippen molar-refractivity contribution in [3.05, 3.63) is 48.0 Å². The number of rotatable bonds is 2. The van der Waals surface area contributed by atoms with Crippen LogP contribution < -0.4 is 5.73 Å². The number of nitrogens with two attached hydrogens (primary N) is 1. The van der Waals surface area contributed by atoms with Gasteiger partial charge in [-0.2, -0.15) is 0 Å². The fourth-order valence-corrected chi connectivity index (χ4v) is 1.78. The molecule has 15 heavy (non-hydrogen) atoms. The third-order valence-corrected chi connectivity index (χ3v) is 2.72. The first-order chi connectivity index (χ1) is 7.20. The fraction of sp³-hybridized carbons (Fsp3) is 0.154. The zero-order valence-electron chi connectivity index (χ0n) is 8.60. The lowest BCUT2D eigenvalue weighted by atomic mass is 9.94. The summed E-state index contributed by atoms with van der Waals surface area (Å²) >= 11 is 0. The molecule has 0 fully saturated rings. The van der Waals surface area contributed by atoms with E-state index in [9.17, 15) is 4.79 Å². The average molecular weight is 199 g/mol. The summed E-state index contributed by atoms with van der Waals surface area (Å²) in [5, 5.41) is 2.24. The standard InChI is InChI=1S/C13H13NO/c1-9(13(14)15)11-8-4-6-10-5-2-3-7-12(10)11/h2-9H,1H3,(H2,14,15)/t9-/m0/s1. The van der Waals surface area contributed by atoms with Gasteiger partial charge < -0.3 is 5.73 Å². The number of hydrogen-bond donors (Lipinski definition) is 1. The van der Waals surface area contributed by atoms with Gasteiger partial charge in [0.1, 0.15) is 0 Å². The summed E-state index contributed by atoms with van der Waals surface area (Å²) in [7, 11) is 0. The maximum atomic E-state index is 11.2. The van der Waals surface area contributed by atoms with E-state index in [0.29, 0.717) is 0 Å². The summed E-state index contributed by atoms with van der Waals surface area (Å²) in [6, 6.07) is 14.0. The van der Waals surface area contributed by atoms with Gasteiger partial charge in [0.2, 0.25) is 5.91 Å². The van der Waals surface area contributed by atoms with Crippen LogP contribution in [0, 0.1) is 0 Å². The third-order valence-electron chi connectivity index (χ3n) is 2.72. The Bertz CT molecular complexity index is 499. The first kappa shape index (κ1) is 9.71. The molecule has 0 saturated carbocycles. The van der Waals surface area contributed by atoms with Gasteiger partial charge >= 0.3 is 0 Å². The number of benzene rings is 2. The van der Waals surface area contributed by atoms with E-state index < -0.39 is 0 Å². The van der Waals surface area contributed by atoms with Crippen molar-refractivity contribution in [1.82, 2.24) is 0 Å². The molecule has 2 nitrogen and oxygen atoms in total. The van der Waals surface area contributed by atoms with E-state index in [1.807, 2.05) is 49.4 Å². The monoisotopic (exact) mass is 199 g/mol. The van der Waals surface area contributed by atoms with Crippen LogP contribution in [-0.4, -0.2) is 5.91 Å². The smallest absolute Gasteiger partial charge is 0.224 e. The molecule has 1 atom stereocenters. The Labute approximate surface area is 88.7 Å². The summed E-state index contributed by atoms with van der Waals surface area (Å²) in [5.41, 5.74) is 6.32. The Morgan fingerprint density at radius 1 is 1.13 bits per heavy atom. The van der Waals surface area contributed by atoms with Crippen LogP contribution in [-0.2, 0) is 4.79 Å². The van der Waals surface area contributed by atoms with E-state index in [1.165, 1.54) is 0 Å². The largest absolute Gasteiger partial charge is 0.369 e. The second-order valence-corrected chi connectivity index (χ2v) is 3.69. The second kappa shape index (κ2) is 3.73. The number of carbonyl (C=O) groups excluding carboxylic acids is 1. The van der Waals surface area contributed by atoms with Crippen molar-refractivity contribution in [1.29, 1.82) is 0 Å². The van der Waals surface area contributed by atoms with E-state index in [4.69, 9.17) is 5.73 Å². The molecule has 0 aromatic heterocycles. The van der Waals surface area contributed by atoms with Crippen molar-refractivity contribution in [3.8, 4) is 0 Å². The molecule has 0 saturated heterocycles. The van der Waals surface area contributed by atoms with E-state index in [1.54, 1.807) is 0 Å². The predicted octanol–water partition coefficient (Wildman–Crippen LogP) is 2.43. The van der Waals surface area contributed by atoms with Gasteiger partial charge in [0.15, 0.2) is 0 Å². The van der Waals surface area contributed by atoms with Crippen molar-refractivity contribution in [2.24, 2.45) is 5.73 Å². The quantitative estimate of drug-likeness (QED) is 0.793. The van der Waals surface area contributed by atoms with Gasteiger partial charge in [-0.3, -0.25) is 4.79 Å². The molecule has 0 unspecified atom stereocenters. The van der Waals surface area contributed by atoms with Crippen LogP contribution in [0.25, 0.3) is 10.8 Å². The van der Waals surface area contributed by atoms with E-state index in [-0.39, 0.29) is 11.8 Å². The first-order valence-electron chi connectivity index (χ1n) is 4.97. The molecule has 2 aromatic carbocycles. The molecule has 0 radical (unpaired) electrons. The zero-order valence-corrected chi connectivity index (χ0v) is 8.60. The normalized spacial score (nSPS) is 12.6. The molecule has 0 aliphatic carbocycles. The van der Waals surface area contributed by atoms with Crippen molar-refractivity contribution < 1.29 is 4.79 Å². The number of carbonyl (C=O) groups is 1. The van der Waals surface area contributed by atoms with Crippen LogP contribution in [0.3, 0.4) is 0 Å². The minimum Gasteiger partial charge on any atom is -0.369 e. The molecule has 2 heteroatoms. The topological polar surface area (TPSA) is 43.1 Å². The molecule has 0 spiro atoms. The van der Waals surface area contributed by atoms with Gasteiger partial charge in [0.25, 0.3) is 0 Å². The van der Waals surface area contributed by atoms with Crippen molar-refractivity contribution >= 4 is 16.7 Å². The molecule has 2 aromatic rings. The summed E-state index contributed by atoms with van der Waals surface area (Å²) < 4.78 is 0. The van der Waals surface area contributed by atoms with Gasteiger partial charge in [0, 0.05) is 0 Å². The lowest BCUT2D eigenvalue weighted by molar-refractivity contribution is -0.119. The molecule has 2 N–H and O–H groups in total. The Morgan fingerprint density at radius 2 is 1.80 bits per heavy atom. The molecule has 0 aliphatic rings. The number of amides is 1. The summed E-state index contributed by atoms with van der Waals surface area (Å²) in [6.07, 6.45) is 0. The van der Waals surface area contributed by atoms with Crippen LogP contribution in [0.2, 0.25) is 0 Å². The average Bonchev–Trinajstić information content (AvgIpc) is 2.27. The Kier molecular flexibility index (Phi) is 2.42. The van der Waals surface area contributed by atoms with Crippen LogP contribution in [0.4, 0.5) is 0 Å². The van der Waals surface area contributed by atoms with Gasteiger partial charge in [-0.25, -0.2) is 0 Å². The minimum atomic E-state index is -0.286. The zero-order chi connectivity index (χ0) is 10.8. The van der Waals surface area contributed by atoms with Crippen molar-refractivity contribution in [2.45, 2.75) is 12.8 Å². The molecule has 2 rings (SSSR count). The Morgan fingerprint density at radius 3 is 2.53 bits per heavy atom. The van der Waals surface area contributed by atoms with Gasteiger partial charge in [0.05, 0.1) is 5.92 Å². The molecule has 0 bridgehead atoms. The number of primary amides is 1. The van der Waals surface area contributed by atoms with Crippen LogP contribution in [0.5, 0.6) is 0 Å². The van der Waals surface area contributed by atoms with Crippen LogP contribution in [0.1, 0.15) is 18.4 Å². The maximum absolute atomic E-state index is 11.2. The molecular formula is C13H13NO. The number of hydrogen-bond acceptors (Lipinski definition) is 1. The van der Waals surface area contributed by atoms with E-state index in [0.717, 1.165) is 16.3 Å². The Balaban J connectivity index is 2.65. The highest BCUT2D eigenvalue weighted by Crippen LogP contribution is 2.24. The SMILES string of the molecule is C[C@H](C(N)=O)c1cccc2ccccc12. The Hall–Kier alpha value is -1.83. The number of fused-ring (bicyclic) bond motifs is 1. The summed E-state index contributed by atoms with van der Waals surface area (Å²) in [5.74, 6) is -0.526. The lowest BCUT2D eigenvalue weighted by Gasteiger charge is -2.10. The van der Waals surface area contributed by atoms with Crippen molar-refractivity contribution in [3.63, 3.8) is 0 Å². The maximum Gasteiger partial charge on any atom is 0.224 e. The predicted molar refractivity (Wildman–Crippen MR) is 61.6 cm³/mol. The van der Waals surface area contributed by atoms with Gasteiger partial charge in [-0.1, -0.05) is 42.5 Å². The molecule has 76 valence electrons. The molecule has 0 aliphatic heterocycles. The molecular weight excluding hydrogens is 186 g/mol. The highest BCUT2D eigenvalue weighted by Gasteiger charge is 2.13. The molecule has 0 heterocycles.